The number of nitrogens with one attached hydrogen (secondary N) is 1. The number of carbonyl (C=O) groups is 1. The SMILES string of the molecule is COc1ccc(C)cc1CN(C)[C@H](C)C(=O)Nc1cccc(S(=O)(=O)N(C)C)c1. The summed E-state index contributed by atoms with van der Waals surface area (Å²) in [7, 11) is 2.86. The fourth-order valence-corrected chi connectivity index (χ4v) is 3.78. The maximum absolute atomic E-state index is 12.7. The van der Waals surface area contributed by atoms with Crippen molar-refractivity contribution in [2.75, 3.05) is 33.6 Å². The molecule has 2 rings (SSSR count). The first-order valence-electron chi connectivity index (χ1n) is 9.23. The molecule has 0 radical (unpaired) electrons. The van der Waals surface area contributed by atoms with E-state index in [-0.39, 0.29) is 10.8 Å². The monoisotopic (exact) mass is 419 g/mol. The molecule has 0 heterocycles. The number of sulfonamides is 1. The van der Waals surface area contributed by atoms with Crippen molar-refractivity contribution in [3.8, 4) is 5.75 Å². The Kier molecular flexibility index (Phi) is 7.40. The first kappa shape index (κ1) is 22.9. The van der Waals surface area contributed by atoms with Gasteiger partial charge in [-0.15, -0.1) is 0 Å². The third-order valence-corrected chi connectivity index (χ3v) is 6.59. The van der Waals surface area contributed by atoms with Gasteiger partial charge in [0.25, 0.3) is 0 Å². The van der Waals surface area contributed by atoms with Crippen molar-refractivity contribution in [3.63, 3.8) is 0 Å². The number of nitrogens with zero attached hydrogens (tertiary/aromatic N) is 2. The van der Waals surface area contributed by atoms with E-state index in [0.717, 1.165) is 21.2 Å². The number of aryl methyl sites for hydroxylation is 1. The fourth-order valence-electron chi connectivity index (χ4n) is 2.83. The molecule has 8 heteroatoms. The summed E-state index contributed by atoms with van der Waals surface area (Å²) in [6, 6.07) is 11.7. The third-order valence-electron chi connectivity index (χ3n) is 4.78. The van der Waals surface area contributed by atoms with Crippen LogP contribution < -0.4 is 10.1 Å². The highest BCUT2D eigenvalue weighted by atomic mass is 32.2. The molecule has 0 unspecified atom stereocenters. The Morgan fingerprint density at radius 1 is 1.14 bits per heavy atom. The fraction of sp³-hybridized carbons (Fsp3) is 0.381. The summed E-state index contributed by atoms with van der Waals surface area (Å²) in [5.41, 5.74) is 2.55. The molecule has 1 amide bonds. The van der Waals surface area contributed by atoms with Crippen molar-refractivity contribution in [1.29, 1.82) is 0 Å². The quantitative estimate of drug-likeness (QED) is 0.712. The average molecular weight is 420 g/mol. The van der Waals surface area contributed by atoms with E-state index in [9.17, 15) is 13.2 Å². The summed E-state index contributed by atoms with van der Waals surface area (Å²) in [4.78, 5) is 14.8. The van der Waals surface area contributed by atoms with Gasteiger partial charge < -0.3 is 10.1 Å². The van der Waals surface area contributed by atoms with Crippen LogP contribution in [-0.2, 0) is 21.4 Å². The molecule has 29 heavy (non-hydrogen) atoms. The topological polar surface area (TPSA) is 79.0 Å². The summed E-state index contributed by atoms with van der Waals surface area (Å²) < 4.78 is 31.1. The van der Waals surface area contributed by atoms with Crippen LogP contribution >= 0.6 is 0 Å². The largest absolute Gasteiger partial charge is 0.496 e. The molecule has 2 aromatic carbocycles. The van der Waals surface area contributed by atoms with Crippen LogP contribution in [0.3, 0.4) is 0 Å². The minimum atomic E-state index is -3.57. The Morgan fingerprint density at radius 2 is 1.83 bits per heavy atom. The Labute approximate surface area is 173 Å². The number of likely N-dealkylation sites (N-methyl/N-ethyl adjacent to an activating group) is 1. The van der Waals surface area contributed by atoms with Gasteiger partial charge in [-0.05, 0) is 45.2 Å². The molecule has 0 aromatic heterocycles. The summed E-state index contributed by atoms with van der Waals surface area (Å²) in [6.45, 7) is 4.35. The van der Waals surface area contributed by atoms with Gasteiger partial charge in [-0.2, -0.15) is 0 Å². The summed E-state index contributed by atoms with van der Waals surface area (Å²) in [5.74, 6) is 0.551. The van der Waals surface area contributed by atoms with Crippen molar-refractivity contribution in [2.24, 2.45) is 0 Å². The molecule has 0 aliphatic carbocycles. The lowest BCUT2D eigenvalue weighted by Crippen LogP contribution is -2.39. The van der Waals surface area contributed by atoms with Crippen LogP contribution in [0.25, 0.3) is 0 Å². The summed E-state index contributed by atoms with van der Waals surface area (Å²) in [5, 5.41) is 2.80. The molecule has 0 aliphatic heterocycles. The van der Waals surface area contributed by atoms with E-state index < -0.39 is 16.1 Å². The molecular weight excluding hydrogens is 390 g/mol. The number of ether oxygens (including phenoxy) is 1. The van der Waals surface area contributed by atoms with Gasteiger partial charge in [-0.1, -0.05) is 23.8 Å². The van der Waals surface area contributed by atoms with E-state index in [1.54, 1.807) is 26.2 Å². The van der Waals surface area contributed by atoms with Gasteiger partial charge >= 0.3 is 0 Å². The maximum atomic E-state index is 12.7. The van der Waals surface area contributed by atoms with Gasteiger partial charge in [-0.25, -0.2) is 12.7 Å². The lowest BCUT2D eigenvalue weighted by Gasteiger charge is -2.25. The first-order valence-corrected chi connectivity index (χ1v) is 10.7. The van der Waals surface area contributed by atoms with Gasteiger partial charge in [0.05, 0.1) is 18.0 Å². The first-order chi connectivity index (χ1) is 13.6. The van der Waals surface area contributed by atoms with Gasteiger partial charge in [0.1, 0.15) is 5.75 Å². The van der Waals surface area contributed by atoms with E-state index in [1.807, 2.05) is 37.1 Å². The molecule has 0 saturated carbocycles. The number of hydrogen-bond donors (Lipinski definition) is 1. The minimum Gasteiger partial charge on any atom is -0.496 e. The zero-order valence-corrected chi connectivity index (χ0v) is 18.6. The van der Waals surface area contributed by atoms with E-state index in [2.05, 4.69) is 5.32 Å². The number of hydrogen-bond acceptors (Lipinski definition) is 5. The van der Waals surface area contributed by atoms with Crippen molar-refractivity contribution in [1.82, 2.24) is 9.21 Å². The molecule has 0 aliphatic rings. The van der Waals surface area contributed by atoms with Crippen LogP contribution in [0.1, 0.15) is 18.1 Å². The minimum absolute atomic E-state index is 0.130. The molecular formula is C21H29N3O4S. The second-order valence-corrected chi connectivity index (χ2v) is 9.36. The number of benzene rings is 2. The number of amides is 1. The van der Waals surface area contributed by atoms with Crippen LogP contribution in [-0.4, -0.2) is 57.8 Å². The van der Waals surface area contributed by atoms with Crippen molar-refractivity contribution >= 4 is 21.6 Å². The zero-order chi connectivity index (χ0) is 21.8. The van der Waals surface area contributed by atoms with Crippen LogP contribution in [0.4, 0.5) is 5.69 Å². The van der Waals surface area contributed by atoms with E-state index in [1.165, 1.54) is 26.2 Å². The molecule has 0 spiro atoms. The molecule has 158 valence electrons. The lowest BCUT2D eigenvalue weighted by atomic mass is 10.1. The van der Waals surface area contributed by atoms with Crippen molar-refractivity contribution < 1.29 is 17.9 Å². The Balaban J connectivity index is 2.12. The molecule has 1 N–H and O–H groups in total. The van der Waals surface area contributed by atoms with Gasteiger partial charge in [0.2, 0.25) is 15.9 Å². The van der Waals surface area contributed by atoms with Crippen molar-refractivity contribution in [2.45, 2.75) is 31.3 Å². The summed E-state index contributed by atoms with van der Waals surface area (Å²) >= 11 is 0. The highest BCUT2D eigenvalue weighted by Crippen LogP contribution is 2.22. The maximum Gasteiger partial charge on any atom is 0.242 e. The second kappa shape index (κ2) is 9.39. The predicted molar refractivity (Wildman–Crippen MR) is 115 cm³/mol. The smallest absolute Gasteiger partial charge is 0.242 e. The van der Waals surface area contributed by atoms with E-state index in [0.29, 0.717) is 12.2 Å². The third kappa shape index (κ3) is 5.56. The molecule has 0 fully saturated rings. The van der Waals surface area contributed by atoms with E-state index >= 15 is 0 Å². The van der Waals surface area contributed by atoms with Gasteiger partial charge in [0.15, 0.2) is 0 Å². The number of carbonyl (C=O) groups excluding carboxylic acids is 1. The molecule has 1 atom stereocenters. The van der Waals surface area contributed by atoms with Crippen molar-refractivity contribution in [3.05, 3.63) is 53.6 Å². The molecule has 7 nitrogen and oxygen atoms in total. The van der Waals surface area contributed by atoms with E-state index in [4.69, 9.17) is 4.74 Å². The van der Waals surface area contributed by atoms with Crippen LogP contribution in [0.2, 0.25) is 0 Å². The van der Waals surface area contributed by atoms with Crippen LogP contribution in [0.15, 0.2) is 47.4 Å². The molecule has 2 aromatic rings. The Morgan fingerprint density at radius 3 is 2.45 bits per heavy atom. The van der Waals surface area contributed by atoms with Crippen LogP contribution in [0.5, 0.6) is 5.75 Å². The number of anilines is 1. The number of methoxy groups -OCH3 is 1. The Bertz CT molecular complexity index is 974. The zero-order valence-electron chi connectivity index (χ0n) is 17.8. The van der Waals surface area contributed by atoms with Gasteiger partial charge in [-0.3, -0.25) is 9.69 Å². The van der Waals surface area contributed by atoms with Crippen LogP contribution in [0, 0.1) is 6.92 Å². The van der Waals surface area contributed by atoms with Gasteiger partial charge in [0, 0.05) is 31.9 Å². The lowest BCUT2D eigenvalue weighted by molar-refractivity contribution is -0.120. The average Bonchev–Trinajstić information content (AvgIpc) is 2.67. The Hall–Kier alpha value is -2.42. The standard InChI is InChI=1S/C21H29N3O4S/c1-15-10-11-20(28-6)17(12-15)14-24(5)16(2)21(25)22-18-8-7-9-19(13-18)29(26,27)23(3)4/h7-13,16H,14H2,1-6H3,(H,22,25)/t16-/m1/s1. The second-order valence-electron chi connectivity index (χ2n) is 7.21. The highest BCUT2D eigenvalue weighted by Gasteiger charge is 2.21. The normalized spacial score (nSPS) is 12.8. The summed E-state index contributed by atoms with van der Waals surface area (Å²) in [6.07, 6.45) is 0. The highest BCUT2D eigenvalue weighted by molar-refractivity contribution is 7.89. The number of rotatable bonds is 8. The molecule has 0 saturated heterocycles. The molecule has 0 bridgehead atoms. The predicted octanol–water partition coefficient (Wildman–Crippen LogP) is 2.71.